The molecule has 1 aliphatic heterocycles. The molecule has 1 aromatic heterocycles. The van der Waals surface area contributed by atoms with Crippen LogP contribution in [0.3, 0.4) is 0 Å². The van der Waals surface area contributed by atoms with Gasteiger partial charge in [0.05, 0.1) is 18.4 Å². The molecular formula is C31H45N3O6. The summed E-state index contributed by atoms with van der Waals surface area (Å²) in [4.78, 5) is 37.7. The van der Waals surface area contributed by atoms with Gasteiger partial charge in [0.15, 0.2) is 0 Å². The van der Waals surface area contributed by atoms with Gasteiger partial charge in [-0.2, -0.15) is 0 Å². The molecule has 0 spiro atoms. The van der Waals surface area contributed by atoms with E-state index in [1.807, 2.05) is 11.0 Å². The maximum absolute atomic E-state index is 12.6. The van der Waals surface area contributed by atoms with Crippen LogP contribution < -0.4 is 16.3 Å². The van der Waals surface area contributed by atoms with Gasteiger partial charge >= 0.3 is 11.7 Å². The first-order chi connectivity index (χ1) is 19.1. The highest BCUT2D eigenvalue weighted by atomic mass is 16.5. The molecule has 0 aromatic carbocycles. The Morgan fingerprint density at radius 3 is 2.75 bits per heavy atom. The Labute approximate surface area is 236 Å². The Bertz CT molecular complexity index is 1170. The Kier molecular flexibility index (Phi) is 7.26. The molecule has 1 aromatic rings. The van der Waals surface area contributed by atoms with Crippen molar-refractivity contribution in [2.24, 2.45) is 28.6 Å². The van der Waals surface area contributed by atoms with Gasteiger partial charge in [-0.3, -0.25) is 9.69 Å². The number of aliphatic hydroxyl groups is 1. The van der Waals surface area contributed by atoms with Crippen LogP contribution in [0.1, 0.15) is 83.1 Å². The van der Waals surface area contributed by atoms with Crippen molar-refractivity contribution in [1.29, 1.82) is 0 Å². The third-order valence-corrected chi connectivity index (χ3v) is 12.1. The summed E-state index contributed by atoms with van der Waals surface area (Å²) < 4.78 is 10.7. The zero-order valence-corrected chi connectivity index (χ0v) is 24.0. The molecule has 1 saturated heterocycles. The molecular weight excluding hydrogens is 510 g/mol. The van der Waals surface area contributed by atoms with Crippen LogP contribution in [0.2, 0.25) is 0 Å². The highest BCUT2D eigenvalue weighted by molar-refractivity contribution is 5.78. The zero-order chi connectivity index (χ0) is 28.1. The minimum Gasteiger partial charge on any atom is -0.448 e. The normalized spacial score (nSPS) is 41.3. The molecule has 220 valence electrons. The van der Waals surface area contributed by atoms with Crippen molar-refractivity contribution in [3.8, 4) is 0 Å². The number of rotatable bonds is 5. The van der Waals surface area contributed by atoms with E-state index in [1.165, 1.54) is 6.07 Å². The molecule has 9 heteroatoms. The molecule has 9 nitrogen and oxygen atoms in total. The zero-order valence-electron chi connectivity index (χ0n) is 24.0. The predicted octanol–water partition coefficient (Wildman–Crippen LogP) is 3.41. The fourth-order valence-electron chi connectivity index (χ4n) is 9.82. The minimum atomic E-state index is -0.710. The summed E-state index contributed by atoms with van der Waals surface area (Å²) in [6.45, 7) is 7.34. The van der Waals surface area contributed by atoms with E-state index in [0.29, 0.717) is 31.5 Å². The van der Waals surface area contributed by atoms with Gasteiger partial charge in [0, 0.05) is 37.2 Å². The molecule has 4 aliphatic carbocycles. The minimum absolute atomic E-state index is 0.0178. The number of nitrogens with one attached hydrogen (secondary N) is 2. The van der Waals surface area contributed by atoms with Crippen molar-refractivity contribution in [3.63, 3.8) is 0 Å². The van der Waals surface area contributed by atoms with Gasteiger partial charge in [-0.1, -0.05) is 13.8 Å². The van der Waals surface area contributed by atoms with Crippen LogP contribution in [0.25, 0.3) is 0 Å². The second-order valence-electron chi connectivity index (χ2n) is 13.7. The van der Waals surface area contributed by atoms with Crippen molar-refractivity contribution in [3.05, 3.63) is 34.4 Å². The summed E-state index contributed by atoms with van der Waals surface area (Å²) in [7, 11) is 0. The number of alkyl carbamates (subject to hydrolysis) is 1. The maximum atomic E-state index is 12.6. The quantitative estimate of drug-likeness (QED) is 0.509. The molecule has 6 rings (SSSR count). The SMILES string of the molecule is C[C@]12CC[C@H](NC(=O)OCCN3CCNC(=O)C3)C[C@H]1CC[C@@H]1[C@@H]2CC[C@]2(C)[C@@H](c3ccc(=O)oc3)CC[C@]12O. The number of carbonyl (C=O) groups excluding carboxylic acids is 2. The number of hydrogen-bond donors (Lipinski definition) is 3. The highest BCUT2D eigenvalue weighted by Gasteiger charge is 2.67. The average molecular weight is 556 g/mol. The predicted molar refractivity (Wildman–Crippen MR) is 149 cm³/mol. The van der Waals surface area contributed by atoms with Gasteiger partial charge in [0.25, 0.3) is 0 Å². The second-order valence-corrected chi connectivity index (χ2v) is 13.7. The molecule has 3 N–H and O–H groups in total. The standard InChI is InChI=1S/C31H45N3O6/c1-29-10-7-22(33-28(37)39-16-15-34-14-13-32-26(35)18-34)17-21(29)4-5-25-24(29)8-11-30(2)23(9-12-31(25,30)38)20-3-6-27(36)40-19-20/h3,6,19,21-25,38H,4-5,7-18H2,1-2H3,(H,32,35)(H,33,37)/t21-,22+,23-,24+,25-,29+,30-,31+/m1/s1. The Morgan fingerprint density at radius 2 is 1.98 bits per heavy atom. The topological polar surface area (TPSA) is 121 Å². The lowest BCUT2D eigenvalue weighted by molar-refractivity contribution is -0.202. The summed E-state index contributed by atoms with van der Waals surface area (Å²) in [5.74, 6) is 1.50. The largest absolute Gasteiger partial charge is 0.448 e. The third-order valence-electron chi connectivity index (χ3n) is 12.1. The molecule has 40 heavy (non-hydrogen) atoms. The van der Waals surface area contributed by atoms with E-state index in [9.17, 15) is 19.5 Å². The summed E-state index contributed by atoms with van der Waals surface area (Å²) in [5, 5.41) is 18.4. The monoisotopic (exact) mass is 555 g/mol. The molecule has 5 aliphatic rings. The highest BCUT2D eigenvalue weighted by Crippen LogP contribution is 2.70. The van der Waals surface area contributed by atoms with Gasteiger partial charge in [-0.05, 0) is 98.5 Å². The number of nitrogens with zero attached hydrogens (tertiary/aromatic N) is 1. The number of hydrogen-bond acceptors (Lipinski definition) is 7. The van der Waals surface area contributed by atoms with Crippen molar-refractivity contribution in [1.82, 2.24) is 15.5 Å². The first-order valence-corrected chi connectivity index (χ1v) is 15.4. The maximum Gasteiger partial charge on any atom is 0.407 e. The molecule has 4 saturated carbocycles. The number of amides is 2. The Hall–Kier alpha value is -2.39. The molecule has 0 unspecified atom stereocenters. The van der Waals surface area contributed by atoms with Crippen molar-refractivity contribution in [2.75, 3.05) is 32.8 Å². The smallest absolute Gasteiger partial charge is 0.407 e. The number of carbonyl (C=O) groups is 2. The van der Waals surface area contributed by atoms with E-state index < -0.39 is 5.60 Å². The lowest BCUT2D eigenvalue weighted by Gasteiger charge is -2.63. The van der Waals surface area contributed by atoms with Crippen LogP contribution in [0.5, 0.6) is 0 Å². The third kappa shape index (κ3) is 4.67. The van der Waals surface area contributed by atoms with Gasteiger partial charge in [0.1, 0.15) is 6.61 Å². The van der Waals surface area contributed by atoms with Gasteiger partial charge in [-0.25, -0.2) is 9.59 Å². The molecule has 0 radical (unpaired) electrons. The fourth-order valence-corrected chi connectivity index (χ4v) is 9.82. The Balaban J connectivity index is 1.06. The van der Waals surface area contributed by atoms with E-state index in [4.69, 9.17) is 9.15 Å². The van der Waals surface area contributed by atoms with Crippen molar-refractivity contribution in [2.45, 2.75) is 89.2 Å². The van der Waals surface area contributed by atoms with E-state index in [0.717, 1.165) is 69.9 Å². The molecule has 2 amide bonds. The van der Waals surface area contributed by atoms with Crippen LogP contribution in [0, 0.1) is 28.6 Å². The van der Waals surface area contributed by atoms with Crippen LogP contribution in [-0.4, -0.2) is 66.4 Å². The first kappa shape index (κ1) is 27.8. The van der Waals surface area contributed by atoms with Crippen LogP contribution in [-0.2, 0) is 9.53 Å². The van der Waals surface area contributed by atoms with E-state index in [-0.39, 0.29) is 52.9 Å². The summed E-state index contributed by atoms with van der Waals surface area (Å²) >= 11 is 0. The average Bonchev–Trinajstić information content (AvgIpc) is 3.20. The lowest BCUT2D eigenvalue weighted by atomic mass is 9.43. The number of piperazine rings is 1. The van der Waals surface area contributed by atoms with Gasteiger partial charge in [0.2, 0.25) is 5.91 Å². The molecule has 2 heterocycles. The second kappa shape index (κ2) is 10.5. The number of fused-ring (bicyclic) bond motifs is 5. The van der Waals surface area contributed by atoms with Gasteiger partial charge < -0.3 is 24.9 Å². The van der Waals surface area contributed by atoms with E-state index in [2.05, 4.69) is 24.5 Å². The summed E-state index contributed by atoms with van der Waals surface area (Å²) in [6.07, 6.45) is 10.1. The Morgan fingerprint density at radius 1 is 1.12 bits per heavy atom. The molecule has 0 bridgehead atoms. The number of ether oxygens (including phenoxy) is 1. The summed E-state index contributed by atoms with van der Waals surface area (Å²) in [6, 6.07) is 3.51. The summed E-state index contributed by atoms with van der Waals surface area (Å²) in [5.41, 5.74) is -0.0649. The molecule has 5 fully saturated rings. The van der Waals surface area contributed by atoms with Crippen LogP contribution in [0.15, 0.2) is 27.6 Å². The van der Waals surface area contributed by atoms with Crippen molar-refractivity contribution >= 4 is 12.0 Å². The van der Waals surface area contributed by atoms with Crippen LogP contribution >= 0.6 is 0 Å². The molecule has 8 atom stereocenters. The fraction of sp³-hybridized carbons (Fsp3) is 0.774. The van der Waals surface area contributed by atoms with E-state index in [1.54, 1.807) is 6.26 Å². The van der Waals surface area contributed by atoms with Crippen LogP contribution in [0.4, 0.5) is 4.79 Å². The van der Waals surface area contributed by atoms with E-state index >= 15 is 0 Å². The van der Waals surface area contributed by atoms with Gasteiger partial charge in [-0.15, -0.1) is 0 Å². The first-order valence-electron chi connectivity index (χ1n) is 15.4. The van der Waals surface area contributed by atoms with Crippen molar-refractivity contribution < 1.29 is 23.8 Å². The lowest BCUT2D eigenvalue weighted by Crippen LogP contribution is -2.62.